The van der Waals surface area contributed by atoms with Crippen LogP contribution in [0.1, 0.15) is 0 Å². The van der Waals surface area contributed by atoms with Gasteiger partial charge in [-0.15, -0.1) is 0 Å². The van der Waals surface area contributed by atoms with E-state index in [1.807, 2.05) is 0 Å². The summed E-state index contributed by atoms with van der Waals surface area (Å²) in [6, 6.07) is 0. The number of hydrogen-bond donors (Lipinski definition) is 0. The predicted molar refractivity (Wildman–Crippen MR) is 0 cm³/mol. The molecule has 0 heterocycles. The van der Waals surface area contributed by atoms with Gasteiger partial charge in [0.1, 0.15) is 0 Å². The van der Waals surface area contributed by atoms with Gasteiger partial charge < -0.3 is 0 Å². The monoisotopic (exact) mass is 464 g/mol. The maximum absolute atomic E-state index is 0. The van der Waals surface area contributed by atoms with Crippen molar-refractivity contribution in [3.63, 3.8) is 0 Å². The van der Waals surface area contributed by atoms with Gasteiger partial charge in [0.15, 0.2) is 0 Å². The Bertz CT molecular complexity index is 11.6. The van der Waals surface area contributed by atoms with Crippen molar-refractivity contribution in [1.29, 1.82) is 0 Å². The van der Waals surface area contributed by atoms with Crippen LogP contribution < -0.4 is 0 Å². The predicted octanol–water partition coefficient (Wildman–Crippen LogP) is -0.00750. The third-order valence-corrected chi connectivity index (χ3v) is 0. The van der Waals surface area contributed by atoms with E-state index in [1.165, 1.54) is 0 Å². The van der Waals surface area contributed by atoms with Crippen molar-refractivity contribution in [3.05, 3.63) is 0 Å². The summed E-state index contributed by atoms with van der Waals surface area (Å²) in [7, 11) is 0. The van der Waals surface area contributed by atoms with Crippen LogP contribution in [0, 0.1) is 77.3 Å². The molecule has 0 atom stereocenters. The van der Waals surface area contributed by atoms with E-state index in [1.54, 1.807) is 0 Å². The fourth-order valence-corrected chi connectivity index (χ4v) is 0. The van der Waals surface area contributed by atoms with Crippen molar-refractivity contribution >= 4 is 0 Å². The van der Waals surface area contributed by atoms with Crippen molar-refractivity contribution in [2.24, 2.45) is 0 Å². The number of hydrogen-bond acceptors (Lipinski definition) is 0. The molecular formula is CeCuLaNiZn. The van der Waals surface area contributed by atoms with Crippen LogP contribution in [0.2, 0.25) is 0 Å². The van der Waals surface area contributed by atoms with E-state index in [2.05, 4.69) is 0 Å². The van der Waals surface area contributed by atoms with Crippen LogP contribution >= 0.6 is 0 Å². The van der Waals surface area contributed by atoms with E-state index < -0.39 is 0 Å². The Hall–Kier alpha value is 4.21. The van der Waals surface area contributed by atoms with Crippen LogP contribution in [0.3, 0.4) is 0 Å². The van der Waals surface area contributed by atoms with Crippen LogP contribution in [0.25, 0.3) is 0 Å². The van der Waals surface area contributed by atoms with E-state index >= 15 is 0 Å². The zero-order valence-corrected chi connectivity index (χ0v) is 14.1. The molecular weight excluding hydrogens is 467 g/mol. The zero-order chi connectivity index (χ0) is 0. The van der Waals surface area contributed by atoms with Crippen LogP contribution in [-0.2, 0) is 53.0 Å². The minimum Gasteiger partial charge on any atom is 0 e. The molecule has 0 aliphatic heterocycles. The Kier molecular flexibility index (Phi) is 169. The van der Waals surface area contributed by atoms with Crippen LogP contribution in [0.15, 0.2) is 0 Å². The van der Waals surface area contributed by atoms with Crippen LogP contribution in [0.5, 0.6) is 0 Å². The summed E-state index contributed by atoms with van der Waals surface area (Å²) in [5, 5.41) is 0. The molecule has 0 rings (SSSR count). The van der Waals surface area contributed by atoms with Gasteiger partial charge in [-0.3, -0.25) is 0 Å². The average molecular weight is 467 g/mol. The minimum atomic E-state index is 0. The summed E-state index contributed by atoms with van der Waals surface area (Å²) in [6.07, 6.45) is 0. The van der Waals surface area contributed by atoms with Crippen LogP contribution in [-0.4, -0.2) is 0 Å². The molecule has 0 fully saturated rings. The summed E-state index contributed by atoms with van der Waals surface area (Å²) in [4.78, 5) is 0. The molecule has 0 nitrogen and oxygen atoms in total. The average Bonchev–Trinajstić information content (AvgIpc) is 0. The van der Waals surface area contributed by atoms with Gasteiger partial charge in [-0.05, 0) is 0 Å². The van der Waals surface area contributed by atoms with Gasteiger partial charge in [0.05, 0.1) is 0 Å². The van der Waals surface area contributed by atoms with Crippen molar-refractivity contribution in [1.82, 2.24) is 0 Å². The Labute approximate surface area is 127 Å². The molecule has 0 spiro atoms. The van der Waals surface area contributed by atoms with Crippen molar-refractivity contribution < 1.29 is 130 Å². The first-order chi connectivity index (χ1) is 0. The molecule has 0 saturated carbocycles. The Morgan fingerprint density at radius 3 is 1.00 bits per heavy atom. The molecule has 0 aromatic rings. The van der Waals surface area contributed by atoms with Gasteiger partial charge >= 0.3 is 0 Å². The van der Waals surface area contributed by atoms with Gasteiger partial charge in [-0.2, -0.15) is 0 Å². The number of rotatable bonds is 0. The molecule has 0 aliphatic carbocycles. The molecule has 0 amide bonds. The molecule has 5 heteroatoms. The van der Waals surface area contributed by atoms with E-state index in [0.717, 1.165) is 0 Å². The quantitative estimate of drug-likeness (QED) is 0.441. The Morgan fingerprint density at radius 1 is 1.00 bits per heavy atom. The van der Waals surface area contributed by atoms with Gasteiger partial charge in [0.2, 0.25) is 0 Å². The smallest absolute Gasteiger partial charge is 0 e. The second-order valence-corrected chi connectivity index (χ2v) is 0. The van der Waals surface area contributed by atoms with Gasteiger partial charge in [0.25, 0.3) is 0 Å². The SMILES string of the molecule is [Ce].[Cu].[La].[Ni].[Zn]. The molecule has 0 unspecified atom stereocenters. The molecule has 0 aromatic carbocycles. The summed E-state index contributed by atoms with van der Waals surface area (Å²) >= 11 is 0. The molecule has 0 aromatic heterocycles. The van der Waals surface area contributed by atoms with Gasteiger partial charge in [0, 0.05) is 130 Å². The molecule has 0 saturated heterocycles. The summed E-state index contributed by atoms with van der Waals surface area (Å²) in [5.41, 5.74) is 0. The Balaban J connectivity index is 0. The van der Waals surface area contributed by atoms with Crippen molar-refractivity contribution in [2.45, 2.75) is 0 Å². The fraction of sp³-hybridized carbons (Fsp3) is 0. The van der Waals surface area contributed by atoms with Gasteiger partial charge in [-0.1, -0.05) is 0 Å². The molecule has 30 valence electrons. The molecule has 2 radical (unpaired) electrons. The third-order valence-electron chi connectivity index (χ3n) is 0. The van der Waals surface area contributed by atoms with Gasteiger partial charge in [-0.25, -0.2) is 0 Å². The zero-order valence-electron chi connectivity index (χ0n) is 2.40. The first-order valence-corrected chi connectivity index (χ1v) is 0. The summed E-state index contributed by atoms with van der Waals surface area (Å²) < 4.78 is 0. The van der Waals surface area contributed by atoms with Crippen molar-refractivity contribution in [2.75, 3.05) is 0 Å². The maximum Gasteiger partial charge on any atom is 0 e. The van der Waals surface area contributed by atoms with E-state index in [4.69, 9.17) is 0 Å². The van der Waals surface area contributed by atoms with E-state index in [0.29, 0.717) is 0 Å². The fourth-order valence-electron chi connectivity index (χ4n) is 0. The van der Waals surface area contributed by atoms with Crippen LogP contribution in [0.4, 0.5) is 0 Å². The summed E-state index contributed by atoms with van der Waals surface area (Å²) in [6.45, 7) is 0. The maximum atomic E-state index is 0. The molecule has 0 aliphatic rings. The first-order valence-electron chi connectivity index (χ1n) is 0. The first kappa shape index (κ1) is 35.0. The topological polar surface area (TPSA) is 0 Å². The summed E-state index contributed by atoms with van der Waals surface area (Å²) in [5.74, 6) is 0. The Morgan fingerprint density at radius 2 is 1.00 bits per heavy atom. The second kappa shape index (κ2) is 24.1. The third kappa shape index (κ3) is 17.9. The molecule has 0 N–H and O–H groups in total. The molecule has 5 heavy (non-hydrogen) atoms. The standard InChI is InChI=1S/Ce.Cu.La.Ni.Zn. The van der Waals surface area contributed by atoms with E-state index in [-0.39, 0.29) is 130 Å². The normalized spacial score (nSPS) is 0. The largest absolute Gasteiger partial charge is 0 e. The van der Waals surface area contributed by atoms with E-state index in [9.17, 15) is 0 Å². The molecule has 0 bridgehead atoms. The van der Waals surface area contributed by atoms with Crippen molar-refractivity contribution in [3.8, 4) is 0 Å². The second-order valence-electron chi connectivity index (χ2n) is 0. The minimum absolute atomic E-state index is 0.